The number of rotatable bonds is 2. The molecule has 2 aliphatic heterocycles. The van der Waals surface area contributed by atoms with Gasteiger partial charge in [0.05, 0.1) is 5.41 Å². The Balaban J connectivity index is 1.80. The van der Waals surface area contributed by atoms with Crippen LogP contribution in [0.2, 0.25) is 0 Å². The van der Waals surface area contributed by atoms with Gasteiger partial charge in [0.15, 0.2) is 0 Å². The fourth-order valence-corrected chi connectivity index (χ4v) is 6.76. The minimum atomic E-state index is -0.578. The molecule has 0 aromatic heterocycles. The Kier molecular flexibility index (Phi) is 3.67. The normalized spacial score (nSPS) is 50.2. The molecule has 0 spiro atoms. The van der Waals surface area contributed by atoms with Crippen molar-refractivity contribution in [3.8, 4) is 0 Å². The standard InChI is InChI=1S/C20H30O4/c1-11(2)13-5-6-14-17-15-9-12(3)16(24-23-15)10-19(17,4)7-8-20(13,14)18(21)22/h9,11,13-17H,5-8,10H2,1-4H3,(H,21,22). The fraction of sp³-hybridized carbons (Fsp3) is 0.850. The largest absolute Gasteiger partial charge is 0.481 e. The first-order valence-corrected chi connectivity index (χ1v) is 9.53. The molecule has 4 heteroatoms. The SMILES string of the molecule is CC1=CC2OOC1CC1(C)CCC3(C(=O)O)C(C(C)C)CCC3C21. The van der Waals surface area contributed by atoms with E-state index in [2.05, 4.69) is 33.8 Å². The summed E-state index contributed by atoms with van der Waals surface area (Å²) in [6.07, 6.45) is 6.92. The van der Waals surface area contributed by atoms with Crippen LogP contribution in [0.5, 0.6) is 0 Å². The minimum Gasteiger partial charge on any atom is -0.481 e. The van der Waals surface area contributed by atoms with E-state index < -0.39 is 11.4 Å². The van der Waals surface area contributed by atoms with Crippen LogP contribution in [0, 0.1) is 34.5 Å². The second kappa shape index (κ2) is 5.31. The molecule has 134 valence electrons. The molecule has 3 aliphatic carbocycles. The highest BCUT2D eigenvalue weighted by molar-refractivity contribution is 5.76. The highest BCUT2D eigenvalue weighted by Gasteiger charge is 2.66. The molecule has 4 nitrogen and oxygen atoms in total. The summed E-state index contributed by atoms with van der Waals surface area (Å²) in [5.74, 6) is 0.540. The lowest BCUT2D eigenvalue weighted by atomic mass is 9.49. The highest BCUT2D eigenvalue weighted by atomic mass is 17.2. The number of carboxylic acids is 1. The van der Waals surface area contributed by atoms with Crippen LogP contribution in [0.25, 0.3) is 0 Å². The molecule has 1 saturated heterocycles. The van der Waals surface area contributed by atoms with Crippen molar-refractivity contribution in [1.29, 1.82) is 0 Å². The number of carboxylic acid groups (broad SMARTS) is 1. The van der Waals surface area contributed by atoms with Crippen LogP contribution < -0.4 is 0 Å². The van der Waals surface area contributed by atoms with Crippen molar-refractivity contribution in [2.45, 2.75) is 72.0 Å². The molecule has 24 heavy (non-hydrogen) atoms. The van der Waals surface area contributed by atoms with Crippen LogP contribution in [0.3, 0.4) is 0 Å². The molecule has 7 atom stereocenters. The van der Waals surface area contributed by atoms with E-state index >= 15 is 0 Å². The van der Waals surface area contributed by atoms with E-state index in [0.29, 0.717) is 5.92 Å². The first-order chi connectivity index (χ1) is 11.3. The summed E-state index contributed by atoms with van der Waals surface area (Å²) in [6.45, 7) is 8.84. The zero-order valence-electron chi connectivity index (χ0n) is 15.2. The maximum absolute atomic E-state index is 12.5. The smallest absolute Gasteiger partial charge is 0.310 e. The maximum Gasteiger partial charge on any atom is 0.310 e. The Morgan fingerprint density at radius 2 is 2.04 bits per heavy atom. The third-order valence-corrected chi connectivity index (χ3v) is 7.89. The van der Waals surface area contributed by atoms with E-state index in [1.165, 1.54) is 5.57 Å². The summed E-state index contributed by atoms with van der Waals surface area (Å²) in [4.78, 5) is 24.0. The summed E-state index contributed by atoms with van der Waals surface area (Å²) >= 11 is 0. The van der Waals surface area contributed by atoms with Gasteiger partial charge in [-0.3, -0.25) is 4.79 Å². The molecule has 2 heterocycles. The van der Waals surface area contributed by atoms with E-state index in [9.17, 15) is 9.90 Å². The Bertz CT molecular complexity index is 582. The fourth-order valence-electron chi connectivity index (χ4n) is 6.76. The molecule has 5 rings (SSSR count). The van der Waals surface area contributed by atoms with Gasteiger partial charge in [-0.15, -0.1) is 0 Å². The highest BCUT2D eigenvalue weighted by Crippen LogP contribution is 2.67. The first-order valence-electron chi connectivity index (χ1n) is 9.53. The van der Waals surface area contributed by atoms with Crippen LogP contribution in [0.1, 0.15) is 59.8 Å². The number of hydrogen-bond acceptors (Lipinski definition) is 3. The predicted octanol–water partition coefficient (Wildman–Crippen LogP) is 4.20. The number of fused-ring (bicyclic) bond motifs is 2. The van der Waals surface area contributed by atoms with Crippen molar-refractivity contribution in [1.82, 2.24) is 0 Å². The van der Waals surface area contributed by atoms with Gasteiger partial charge in [0, 0.05) is 5.92 Å². The van der Waals surface area contributed by atoms with Gasteiger partial charge in [-0.25, -0.2) is 9.78 Å². The van der Waals surface area contributed by atoms with E-state index in [0.717, 1.165) is 32.1 Å². The van der Waals surface area contributed by atoms with E-state index in [4.69, 9.17) is 9.78 Å². The molecule has 2 bridgehead atoms. The lowest BCUT2D eigenvalue weighted by Crippen LogP contribution is -2.55. The molecule has 0 aromatic carbocycles. The van der Waals surface area contributed by atoms with Gasteiger partial charge < -0.3 is 5.11 Å². The predicted molar refractivity (Wildman–Crippen MR) is 90.1 cm³/mol. The monoisotopic (exact) mass is 334 g/mol. The van der Waals surface area contributed by atoms with Crippen molar-refractivity contribution in [2.24, 2.45) is 34.5 Å². The van der Waals surface area contributed by atoms with Gasteiger partial charge in [-0.2, -0.15) is 0 Å². The summed E-state index contributed by atoms with van der Waals surface area (Å²) in [5.41, 5.74) is 0.780. The van der Waals surface area contributed by atoms with Crippen LogP contribution in [0.15, 0.2) is 11.6 Å². The van der Waals surface area contributed by atoms with E-state index in [-0.39, 0.29) is 35.4 Å². The molecule has 0 amide bonds. The molecule has 0 aromatic rings. The van der Waals surface area contributed by atoms with Gasteiger partial charge in [-0.1, -0.05) is 26.8 Å². The van der Waals surface area contributed by atoms with Crippen molar-refractivity contribution in [3.05, 3.63) is 11.6 Å². The van der Waals surface area contributed by atoms with Crippen LogP contribution in [-0.2, 0) is 14.6 Å². The summed E-state index contributed by atoms with van der Waals surface area (Å²) in [7, 11) is 0. The van der Waals surface area contributed by atoms with Gasteiger partial charge in [-0.05, 0) is 67.8 Å². The van der Waals surface area contributed by atoms with Crippen LogP contribution in [0.4, 0.5) is 0 Å². The van der Waals surface area contributed by atoms with Gasteiger partial charge in [0.25, 0.3) is 0 Å². The average Bonchev–Trinajstić information content (AvgIpc) is 2.78. The molecule has 1 N–H and O–H groups in total. The second-order valence-electron chi connectivity index (χ2n) is 9.32. The molecule has 5 aliphatic rings. The molecule has 3 fully saturated rings. The quantitative estimate of drug-likeness (QED) is 0.607. The lowest BCUT2D eigenvalue weighted by molar-refractivity contribution is -0.344. The molecule has 0 radical (unpaired) electrons. The third-order valence-electron chi connectivity index (χ3n) is 7.89. The van der Waals surface area contributed by atoms with Crippen molar-refractivity contribution in [3.63, 3.8) is 0 Å². The lowest BCUT2D eigenvalue weighted by Gasteiger charge is -2.53. The zero-order chi connectivity index (χ0) is 17.3. The minimum absolute atomic E-state index is 0.0378. The Hall–Kier alpha value is -0.870. The van der Waals surface area contributed by atoms with Gasteiger partial charge in [0.2, 0.25) is 0 Å². The summed E-state index contributed by atoms with van der Waals surface area (Å²) in [6, 6.07) is 0. The Morgan fingerprint density at radius 1 is 1.29 bits per heavy atom. The maximum atomic E-state index is 12.5. The second-order valence-corrected chi connectivity index (χ2v) is 9.32. The van der Waals surface area contributed by atoms with Gasteiger partial charge >= 0.3 is 5.97 Å². The Labute approximate surface area is 144 Å². The van der Waals surface area contributed by atoms with Crippen molar-refractivity contribution < 1.29 is 19.7 Å². The summed E-state index contributed by atoms with van der Waals surface area (Å²) in [5, 5.41) is 10.3. The van der Waals surface area contributed by atoms with Crippen LogP contribution in [-0.4, -0.2) is 23.3 Å². The Morgan fingerprint density at radius 3 is 2.67 bits per heavy atom. The van der Waals surface area contributed by atoms with Crippen LogP contribution >= 0.6 is 0 Å². The van der Waals surface area contributed by atoms with Crippen molar-refractivity contribution >= 4 is 5.97 Å². The average molecular weight is 334 g/mol. The number of hydrogen-bond donors (Lipinski definition) is 1. The van der Waals surface area contributed by atoms with E-state index in [1.54, 1.807) is 0 Å². The molecule has 2 saturated carbocycles. The number of aliphatic carboxylic acids is 1. The topological polar surface area (TPSA) is 55.8 Å². The van der Waals surface area contributed by atoms with E-state index in [1.807, 2.05) is 0 Å². The van der Waals surface area contributed by atoms with Gasteiger partial charge in [0.1, 0.15) is 12.2 Å². The molecular formula is C20H30O4. The summed E-state index contributed by atoms with van der Waals surface area (Å²) < 4.78 is 0. The third kappa shape index (κ3) is 2.02. The zero-order valence-corrected chi connectivity index (χ0v) is 15.2. The molecular weight excluding hydrogens is 304 g/mol. The first kappa shape index (κ1) is 16.6. The number of carbonyl (C=O) groups is 1. The van der Waals surface area contributed by atoms with Crippen molar-refractivity contribution in [2.75, 3.05) is 0 Å². The molecule has 7 unspecified atom stereocenters.